The highest BCUT2D eigenvalue weighted by atomic mass is 79.9. The summed E-state index contributed by atoms with van der Waals surface area (Å²) in [6.07, 6.45) is 1.83. The van der Waals surface area contributed by atoms with E-state index in [2.05, 4.69) is 27.3 Å². The van der Waals surface area contributed by atoms with Crippen LogP contribution in [-0.4, -0.2) is 18.8 Å². The van der Waals surface area contributed by atoms with Crippen LogP contribution in [0.2, 0.25) is 0 Å². The Labute approximate surface area is 133 Å². The van der Waals surface area contributed by atoms with Gasteiger partial charge in [0.25, 0.3) is 0 Å². The Bertz CT molecular complexity index is 659. The molecule has 0 aliphatic heterocycles. The van der Waals surface area contributed by atoms with Gasteiger partial charge in [-0.25, -0.2) is 0 Å². The highest BCUT2D eigenvalue weighted by Gasteiger charge is 2.38. The molecule has 1 unspecified atom stereocenters. The Balaban J connectivity index is 2.00. The van der Waals surface area contributed by atoms with Gasteiger partial charge in [-0.15, -0.1) is 0 Å². The molecule has 2 aromatic carbocycles. The SMILES string of the molecule is COc1ccc2c(c1)C(CO)(Nc1cccc(Br)c1)CC2. The Morgan fingerprint density at radius 2 is 2.14 bits per heavy atom. The molecule has 0 saturated carbocycles. The molecule has 2 aromatic rings. The van der Waals surface area contributed by atoms with Gasteiger partial charge in [-0.1, -0.05) is 28.1 Å². The Hall–Kier alpha value is -1.52. The minimum atomic E-state index is -0.440. The third-order valence-corrected chi connectivity index (χ3v) is 4.63. The van der Waals surface area contributed by atoms with Crippen molar-refractivity contribution >= 4 is 21.6 Å². The minimum Gasteiger partial charge on any atom is -0.497 e. The summed E-state index contributed by atoms with van der Waals surface area (Å²) in [5.41, 5.74) is 2.95. The number of aliphatic hydroxyl groups excluding tert-OH is 1. The smallest absolute Gasteiger partial charge is 0.119 e. The van der Waals surface area contributed by atoms with Crippen molar-refractivity contribution in [2.75, 3.05) is 19.0 Å². The molecule has 110 valence electrons. The van der Waals surface area contributed by atoms with Crippen molar-refractivity contribution in [3.63, 3.8) is 0 Å². The molecule has 0 fully saturated rings. The van der Waals surface area contributed by atoms with Gasteiger partial charge in [0, 0.05) is 10.2 Å². The number of halogens is 1. The van der Waals surface area contributed by atoms with E-state index in [1.807, 2.05) is 36.4 Å². The number of aliphatic hydroxyl groups is 1. The molecule has 1 aliphatic rings. The largest absolute Gasteiger partial charge is 0.497 e. The maximum Gasteiger partial charge on any atom is 0.119 e. The number of nitrogens with one attached hydrogen (secondary N) is 1. The molecule has 21 heavy (non-hydrogen) atoms. The molecule has 2 N–H and O–H groups in total. The van der Waals surface area contributed by atoms with Gasteiger partial charge in [-0.2, -0.15) is 0 Å². The van der Waals surface area contributed by atoms with Crippen LogP contribution in [0.3, 0.4) is 0 Å². The lowest BCUT2D eigenvalue weighted by atomic mass is 9.92. The lowest BCUT2D eigenvalue weighted by Crippen LogP contribution is -2.36. The predicted molar refractivity (Wildman–Crippen MR) is 87.8 cm³/mol. The summed E-state index contributed by atoms with van der Waals surface area (Å²) in [5, 5.41) is 13.6. The highest BCUT2D eigenvalue weighted by Crippen LogP contribution is 2.41. The molecule has 0 bridgehead atoms. The zero-order chi connectivity index (χ0) is 14.9. The normalized spacial score (nSPS) is 20.1. The number of rotatable bonds is 4. The monoisotopic (exact) mass is 347 g/mol. The van der Waals surface area contributed by atoms with Gasteiger partial charge < -0.3 is 15.2 Å². The second-order valence-corrected chi connectivity index (χ2v) is 6.31. The van der Waals surface area contributed by atoms with E-state index in [-0.39, 0.29) is 6.61 Å². The lowest BCUT2D eigenvalue weighted by Gasteiger charge is -2.31. The zero-order valence-electron chi connectivity index (χ0n) is 11.9. The first-order valence-corrected chi connectivity index (χ1v) is 7.78. The summed E-state index contributed by atoms with van der Waals surface area (Å²) in [6, 6.07) is 14.1. The average Bonchev–Trinajstić information content (AvgIpc) is 2.86. The molecule has 4 heteroatoms. The minimum absolute atomic E-state index is 0.0552. The maximum absolute atomic E-state index is 10.0. The number of hydrogen-bond acceptors (Lipinski definition) is 3. The Kier molecular flexibility index (Phi) is 3.91. The number of anilines is 1. The standard InChI is InChI=1S/C17H18BrNO2/c1-21-15-6-5-12-7-8-17(11-20,16(12)10-15)19-14-4-2-3-13(18)9-14/h2-6,9-10,19-20H,7-8,11H2,1H3. The Morgan fingerprint density at radius 1 is 1.29 bits per heavy atom. The van der Waals surface area contributed by atoms with Crippen molar-refractivity contribution in [2.24, 2.45) is 0 Å². The zero-order valence-corrected chi connectivity index (χ0v) is 13.5. The molecule has 1 aliphatic carbocycles. The van der Waals surface area contributed by atoms with Gasteiger partial charge in [0.1, 0.15) is 5.75 Å². The third kappa shape index (κ3) is 2.65. The molecular weight excluding hydrogens is 330 g/mol. The number of ether oxygens (including phenoxy) is 1. The lowest BCUT2D eigenvalue weighted by molar-refractivity contribution is 0.211. The van der Waals surface area contributed by atoms with Gasteiger partial charge in [0.2, 0.25) is 0 Å². The second-order valence-electron chi connectivity index (χ2n) is 5.40. The average molecular weight is 348 g/mol. The van der Waals surface area contributed by atoms with E-state index in [4.69, 9.17) is 4.74 Å². The summed E-state index contributed by atoms with van der Waals surface area (Å²) >= 11 is 3.48. The van der Waals surface area contributed by atoms with Crippen molar-refractivity contribution in [1.82, 2.24) is 0 Å². The molecule has 0 amide bonds. The number of benzene rings is 2. The fourth-order valence-corrected chi connectivity index (χ4v) is 3.40. The molecule has 0 aromatic heterocycles. The van der Waals surface area contributed by atoms with Crippen molar-refractivity contribution in [3.05, 3.63) is 58.1 Å². The highest BCUT2D eigenvalue weighted by molar-refractivity contribution is 9.10. The van der Waals surface area contributed by atoms with E-state index in [0.717, 1.165) is 34.3 Å². The molecule has 0 saturated heterocycles. The van der Waals surface area contributed by atoms with E-state index in [0.29, 0.717) is 0 Å². The fourth-order valence-electron chi connectivity index (χ4n) is 3.00. The summed E-state index contributed by atoms with van der Waals surface area (Å²) in [7, 11) is 1.67. The number of aryl methyl sites for hydroxylation is 1. The van der Waals surface area contributed by atoms with Crippen LogP contribution in [0.1, 0.15) is 17.5 Å². The van der Waals surface area contributed by atoms with Crippen LogP contribution in [0.5, 0.6) is 5.75 Å². The fraction of sp³-hybridized carbons (Fsp3) is 0.294. The summed E-state index contributed by atoms with van der Waals surface area (Å²) in [4.78, 5) is 0. The van der Waals surface area contributed by atoms with E-state index in [1.54, 1.807) is 7.11 Å². The van der Waals surface area contributed by atoms with Crippen LogP contribution >= 0.6 is 15.9 Å². The first-order chi connectivity index (χ1) is 10.2. The maximum atomic E-state index is 10.0. The van der Waals surface area contributed by atoms with Crippen LogP contribution in [0.15, 0.2) is 46.9 Å². The second kappa shape index (κ2) is 5.70. The number of methoxy groups -OCH3 is 1. The quantitative estimate of drug-likeness (QED) is 0.885. The summed E-state index contributed by atoms with van der Waals surface area (Å²) in [6.45, 7) is 0.0552. The van der Waals surface area contributed by atoms with E-state index >= 15 is 0 Å². The van der Waals surface area contributed by atoms with Crippen molar-refractivity contribution < 1.29 is 9.84 Å². The molecule has 3 rings (SSSR count). The molecule has 0 radical (unpaired) electrons. The van der Waals surface area contributed by atoms with Crippen LogP contribution in [-0.2, 0) is 12.0 Å². The summed E-state index contributed by atoms with van der Waals surface area (Å²) in [5.74, 6) is 0.824. The van der Waals surface area contributed by atoms with Crippen molar-refractivity contribution in [2.45, 2.75) is 18.4 Å². The van der Waals surface area contributed by atoms with E-state index < -0.39 is 5.54 Å². The molecule has 0 spiro atoms. The van der Waals surface area contributed by atoms with Gasteiger partial charge in [0.05, 0.1) is 19.3 Å². The van der Waals surface area contributed by atoms with Crippen LogP contribution < -0.4 is 10.1 Å². The van der Waals surface area contributed by atoms with Crippen LogP contribution in [0.25, 0.3) is 0 Å². The molecule has 0 heterocycles. The van der Waals surface area contributed by atoms with Crippen LogP contribution in [0, 0.1) is 0 Å². The predicted octanol–water partition coefficient (Wildman–Crippen LogP) is 3.70. The first kappa shape index (κ1) is 14.4. The van der Waals surface area contributed by atoms with Crippen molar-refractivity contribution in [1.29, 1.82) is 0 Å². The topological polar surface area (TPSA) is 41.5 Å². The molecule has 1 atom stereocenters. The number of hydrogen-bond donors (Lipinski definition) is 2. The van der Waals surface area contributed by atoms with Gasteiger partial charge in [-0.3, -0.25) is 0 Å². The molecular formula is C17H18BrNO2. The third-order valence-electron chi connectivity index (χ3n) is 4.13. The van der Waals surface area contributed by atoms with Crippen LogP contribution in [0.4, 0.5) is 5.69 Å². The van der Waals surface area contributed by atoms with Crippen molar-refractivity contribution in [3.8, 4) is 5.75 Å². The number of fused-ring (bicyclic) bond motifs is 1. The van der Waals surface area contributed by atoms with Gasteiger partial charge >= 0.3 is 0 Å². The molecule has 3 nitrogen and oxygen atoms in total. The van der Waals surface area contributed by atoms with Gasteiger partial charge in [-0.05, 0) is 54.3 Å². The first-order valence-electron chi connectivity index (χ1n) is 6.99. The Morgan fingerprint density at radius 3 is 2.86 bits per heavy atom. The van der Waals surface area contributed by atoms with Gasteiger partial charge in [0.15, 0.2) is 0 Å². The van der Waals surface area contributed by atoms with E-state index in [1.165, 1.54) is 5.56 Å². The van der Waals surface area contributed by atoms with E-state index in [9.17, 15) is 5.11 Å². The summed E-state index contributed by atoms with van der Waals surface area (Å²) < 4.78 is 6.35.